The second kappa shape index (κ2) is 6.59. The van der Waals surface area contributed by atoms with Gasteiger partial charge in [-0.1, -0.05) is 11.6 Å². The summed E-state index contributed by atoms with van der Waals surface area (Å²) in [5.41, 5.74) is 0.549. The Bertz CT molecular complexity index is 540. The molecule has 0 bridgehead atoms. The van der Waals surface area contributed by atoms with Gasteiger partial charge in [-0.15, -0.1) is 0 Å². The second-order valence-corrected chi connectivity index (χ2v) is 4.42. The molecule has 4 nitrogen and oxygen atoms in total. The van der Waals surface area contributed by atoms with E-state index in [4.69, 9.17) is 16.9 Å². The summed E-state index contributed by atoms with van der Waals surface area (Å²) in [4.78, 5) is 11.6. The van der Waals surface area contributed by atoms with Gasteiger partial charge < -0.3 is 5.32 Å². The average Bonchev–Trinajstić information content (AvgIpc) is 2.35. The first-order valence-electron chi connectivity index (χ1n) is 5.53. The van der Waals surface area contributed by atoms with Crippen molar-refractivity contribution >= 4 is 23.2 Å². The smallest absolute Gasteiger partial charge is 0.325 e. The van der Waals surface area contributed by atoms with Crippen molar-refractivity contribution in [3.05, 3.63) is 28.8 Å². The third-order valence-electron chi connectivity index (χ3n) is 2.36. The maximum absolute atomic E-state index is 12.0. The minimum absolute atomic E-state index is 0.154. The molecular weight excluding hydrogens is 295 g/mol. The van der Waals surface area contributed by atoms with Gasteiger partial charge in [0, 0.05) is 5.69 Å². The highest BCUT2D eigenvalue weighted by molar-refractivity contribution is 6.32. The molecule has 1 rings (SSSR count). The van der Waals surface area contributed by atoms with Crippen molar-refractivity contribution in [1.29, 1.82) is 5.26 Å². The van der Waals surface area contributed by atoms with Crippen LogP contribution < -0.4 is 10.6 Å². The Morgan fingerprint density at radius 1 is 1.50 bits per heavy atom. The van der Waals surface area contributed by atoms with Crippen molar-refractivity contribution in [2.45, 2.75) is 19.1 Å². The van der Waals surface area contributed by atoms with Crippen LogP contribution in [0.1, 0.15) is 12.5 Å². The fourth-order valence-corrected chi connectivity index (χ4v) is 1.52. The molecule has 0 spiro atoms. The van der Waals surface area contributed by atoms with Gasteiger partial charge in [0.25, 0.3) is 0 Å². The standard InChI is InChI=1S/C12H11ClF3N3O/c1-7(18-6-12(14,15)16)11(20)19-9-3-2-8(5-17)10(13)4-9/h2-4,7,18H,6H2,1H3,(H,19,20)/t7-/m0/s1. The van der Waals surface area contributed by atoms with Gasteiger partial charge in [0.1, 0.15) is 6.07 Å². The van der Waals surface area contributed by atoms with E-state index in [1.54, 1.807) is 0 Å². The maximum Gasteiger partial charge on any atom is 0.401 e. The van der Waals surface area contributed by atoms with E-state index in [1.165, 1.54) is 25.1 Å². The Hall–Kier alpha value is -1.78. The molecule has 0 aliphatic carbocycles. The molecule has 0 aromatic heterocycles. The number of alkyl halides is 3. The number of rotatable bonds is 4. The number of hydrogen-bond donors (Lipinski definition) is 2. The molecular formula is C12H11ClF3N3O. The molecule has 1 aromatic rings. The molecule has 0 aliphatic heterocycles. The molecule has 0 aliphatic rings. The summed E-state index contributed by atoms with van der Waals surface area (Å²) in [5.74, 6) is -0.630. The molecule has 20 heavy (non-hydrogen) atoms. The van der Waals surface area contributed by atoms with Gasteiger partial charge in [-0.3, -0.25) is 10.1 Å². The Labute approximate surface area is 118 Å². The highest BCUT2D eigenvalue weighted by Crippen LogP contribution is 2.20. The van der Waals surface area contributed by atoms with E-state index < -0.39 is 24.7 Å². The molecule has 0 radical (unpaired) electrons. The average molecular weight is 306 g/mol. The van der Waals surface area contributed by atoms with Crippen LogP contribution in [0, 0.1) is 11.3 Å². The number of nitrogens with zero attached hydrogens (tertiary/aromatic N) is 1. The van der Waals surface area contributed by atoms with Crippen LogP contribution in [0.25, 0.3) is 0 Å². The van der Waals surface area contributed by atoms with E-state index in [-0.39, 0.29) is 10.6 Å². The molecule has 108 valence electrons. The third-order valence-corrected chi connectivity index (χ3v) is 2.67. The minimum Gasteiger partial charge on any atom is -0.325 e. The summed E-state index contributed by atoms with van der Waals surface area (Å²) in [6.45, 7) is 0.0576. The Morgan fingerprint density at radius 2 is 2.15 bits per heavy atom. The molecule has 0 heterocycles. The number of hydrogen-bond acceptors (Lipinski definition) is 3. The highest BCUT2D eigenvalue weighted by atomic mass is 35.5. The normalized spacial score (nSPS) is 12.6. The largest absolute Gasteiger partial charge is 0.401 e. The Morgan fingerprint density at radius 3 is 2.65 bits per heavy atom. The molecule has 8 heteroatoms. The molecule has 0 saturated carbocycles. The van der Waals surface area contributed by atoms with Crippen LogP contribution in [0.5, 0.6) is 0 Å². The number of nitrogens with one attached hydrogen (secondary N) is 2. The highest BCUT2D eigenvalue weighted by Gasteiger charge is 2.28. The summed E-state index contributed by atoms with van der Waals surface area (Å²) < 4.78 is 36.0. The predicted molar refractivity (Wildman–Crippen MR) is 68.3 cm³/mol. The monoisotopic (exact) mass is 305 g/mol. The van der Waals surface area contributed by atoms with Gasteiger partial charge in [0.15, 0.2) is 0 Å². The summed E-state index contributed by atoms with van der Waals surface area (Å²) in [6, 6.07) is 5.04. The number of carbonyl (C=O) groups is 1. The van der Waals surface area contributed by atoms with Gasteiger partial charge in [-0.2, -0.15) is 18.4 Å². The van der Waals surface area contributed by atoms with Crippen LogP contribution in [0.15, 0.2) is 18.2 Å². The van der Waals surface area contributed by atoms with Crippen LogP contribution in [-0.4, -0.2) is 24.7 Å². The van der Waals surface area contributed by atoms with Crippen LogP contribution in [0.3, 0.4) is 0 Å². The lowest BCUT2D eigenvalue weighted by atomic mass is 10.2. The van der Waals surface area contributed by atoms with Crippen LogP contribution >= 0.6 is 11.6 Å². The van der Waals surface area contributed by atoms with E-state index in [9.17, 15) is 18.0 Å². The van der Waals surface area contributed by atoms with Crippen molar-refractivity contribution in [2.75, 3.05) is 11.9 Å². The van der Waals surface area contributed by atoms with Crippen molar-refractivity contribution < 1.29 is 18.0 Å². The number of halogens is 4. The first kappa shape index (κ1) is 16.3. The third kappa shape index (κ3) is 5.07. The molecule has 1 aromatic carbocycles. The van der Waals surface area contributed by atoms with Gasteiger partial charge in [-0.25, -0.2) is 0 Å². The second-order valence-electron chi connectivity index (χ2n) is 4.01. The fraction of sp³-hybridized carbons (Fsp3) is 0.333. The Balaban J connectivity index is 2.62. The zero-order valence-electron chi connectivity index (χ0n) is 10.4. The van der Waals surface area contributed by atoms with Gasteiger partial charge in [0.2, 0.25) is 5.91 Å². The van der Waals surface area contributed by atoms with Gasteiger partial charge in [0.05, 0.1) is 23.2 Å². The molecule has 0 saturated heterocycles. The zero-order valence-corrected chi connectivity index (χ0v) is 11.1. The van der Waals surface area contributed by atoms with Crippen LogP contribution in [0.2, 0.25) is 5.02 Å². The van der Waals surface area contributed by atoms with Crippen molar-refractivity contribution in [3.63, 3.8) is 0 Å². The Kier molecular flexibility index (Phi) is 5.36. The van der Waals surface area contributed by atoms with Crippen LogP contribution in [0.4, 0.5) is 18.9 Å². The van der Waals surface area contributed by atoms with Crippen molar-refractivity contribution in [1.82, 2.24) is 5.32 Å². The fourth-order valence-electron chi connectivity index (χ4n) is 1.30. The van der Waals surface area contributed by atoms with E-state index in [2.05, 4.69) is 10.6 Å². The van der Waals surface area contributed by atoms with Gasteiger partial charge >= 0.3 is 6.18 Å². The SMILES string of the molecule is C[C@H](NCC(F)(F)F)C(=O)Nc1ccc(C#N)c(Cl)c1. The van der Waals surface area contributed by atoms with Crippen molar-refractivity contribution in [2.24, 2.45) is 0 Å². The van der Waals surface area contributed by atoms with Gasteiger partial charge in [-0.05, 0) is 25.1 Å². The van der Waals surface area contributed by atoms with E-state index >= 15 is 0 Å². The summed E-state index contributed by atoms with van der Waals surface area (Å²) in [5, 5.41) is 13.3. The minimum atomic E-state index is -4.38. The summed E-state index contributed by atoms with van der Waals surface area (Å²) in [6.07, 6.45) is -4.38. The zero-order chi connectivity index (χ0) is 15.3. The number of carbonyl (C=O) groups excluding carboxylic acids is 1. The number of benzene rings is 1. The predicted octanol–water partition coefficient (Wildman–Crippen LogP) is 2.69. The van der Waals surface area contributed by atoms with Crippen molar-refractivity contribution in [3.8, 4) is 6.07 Å². The van der Waals surface area contributed by atoms with Crippen LogP contribution in [-0.2, 0) is 4.79 Å². The molecule has 1 amide bonds. The first-order chi connectivity index (χ1) is 9.23. The molecule has 0 unspecified atom stereocenters. The lowest BCUT2D eigenvalue weighted by Gasteiger charge is -2.15. The topological polar surface area (TPSA) is 64.9 Å². The summed E-state index contributed by atoms with van der Waals surface area (Å²) in [7, 11) is 0. The lowest BCUT2D eigenvalue weighted by molar-refractivity contribution is -0.129. The molecule has 2 N–H and O–H groups in total. The lowest BCUT2D eigenvalue weighted by Crippen LogP contribution is -2.42. The van der Waals surface area contributed by atoms with E-state index in [1.807, 2.05) is 6.07 Å². The quantitative estimate of drug-likeness (QED) is 0.899. The van der Waals surface area contributed by atoms with E-state index in [0.29, 0.717) is 5.69 Å². The summed E-state index contributed by atoms with van der Waals surface area (Å²) >= 11 is 5.78. The number of amides is 1. The van der Waals surface area contributed by atoms with E-state index in [0.717, 1.165) is 0 Å². The maximum atomic E-state index is 12.0. The molecule has 1 atom stereocenters. The first-order valence-corrected chi connectivity index (χ1v) is 5.91. The molecule has 0 fully saturated rings. The number of nitriles is 1. The number of anilines is 1.